The van der Waals surface area contributed by atoms with E-state index in [0.717, 1.165) is 6.42 Å². The highest BCUT2D eigenvalue weighted by atomic mass is 16.5. The van der Waals surface area contributed by atoms with Crippen LogP contribution in [0.2, 0.25) is 0 Å². The fourth-order valence-corrected chi connectivity index (χ4v) is 3.74. The minimum Gasteiger partial charge on any atom is -0.497 e. The van der Waals surface area contributed by atoms with Crippen LogP contribution in [0.3, 0.4) is 0 Å². The van der Waals surface area contributed by atoms with Gasteiger partial charge in [-0.15, -0.1) is 0 Å². The Morgan fingerprint density at radius 1 is 1.28 bits per heavy atom. The summed E-state index contributed by atoms with van der Waals surface area (Å²) in [7, 11) is 1.56. The number of ether oxygens (including phenoxy) is 1. The van der Waals surface area contributed by atoms with Crippen molar-refractivity contribution in [1.29, 1.82) is 0 Å². The minimum absolute atomic E-state index is 0.0291. The highest BCUT2D eigenvalue weighted by Crippen LogP contribution is 2.41. The molecule has 3 amide bonds. The highest BCUT2D eigenvalue weighted by Gasteiger charge is 2.53. The highest BCUT2D eigenvalue weighted by molar-refractivity contribution is 6.10. The van der Waals surface area contributed by atoms with Gasteiger partial charge in [-0.3, -0.25) is 19.3 Å². The van der Waals surface area contributed by atoms with Gasteiger partial charge in [0.2, 0.25) is 17.7 Å². The van der Waals surface area contributed by atoms with E-state index in [1.807, 2.05) is 20.8 Å². The number of aliphatic hydroxyl groups is 1. The molecule has 0 radical (unpaired) electrons. The molecule has 0 aliphatic carbocycles. The average Bonchev–Trinajstić information content (AvgIpc) is 2.94. The van der Waals surface area contributed by atoms with Gasteiger partial charge in [-0.2, -0.15) is 0 Å². The molecule has 1 aliphatic rings. The van der Waals surface area contributed by atoms with E-state index < -0.39 is 5.41 Å². The van der Waals surface area contributed by atoms with Crippen LogP contribution >= 0.6 is 0 Å². The Balaban J connectivity index is 2.41. The zero-order valence-electron chi connectivity index (χ0n) is 17.8. The molecular weight excluding hydrogens is 372 g/mol. The van der Waals surface area contributed by atoms with Gasteiger partial charge >= 0.3 is 0 Å². The van der Waals surface area contributed by atoms with Crippen LogP contribution < -0.4 is 4.74 Å². The molecule has 1 atom stereocenters. The molecule has 0 bridgehead atoms. The van der Waals surface area contributed by atoms with Gasteiger partial charge < -0.3 is 14.7 Å². The molecule has 29 heavy (non-hydrogen) atoms. The number of rotatable bonds is 10. The second-order valence-electron chi connectivity index (χ2n) is 7.89. The lowest BCUT2D eigenvalue weighted by Crippen LogP contribution is -2.44. The number of amides is 3. The van der Waals surface area contributed by atoms with Crippen LogP contribution in [0.5, 0.6) is 5.75 Å². The normalized spacial score (nSPS) is 19.2. The summed E-state index contributed by atoms with van der Waals surface area (Å²) in [5, 5.41) is 9.24. The molecule has 0 spiro atoms. The van der Waals surface area contributed by atoms with Crippen molar-refractivity contribution < 1.29 is 24.2 Å². The SMILES string of the molecule is CCN(CCO)C(=O)C[C@]1(c2ccc(OC)cc2)CC(=O)N(CCC(C)C)C1=O. The van der Waals surface area contributed by atoms with Gasteiger partial charge in [0.15, 0.2) is 0 Å². The predicted molar refractivity (Wildman–Crippen MR) is 109 cm³/mol. The maximum atomic E-state index is 13.5. The molecule has 1 fully saturated rings. The van der Waals surface area contributed by atoms with Gasteiger partial charge in [-0.25, -0.2) is 0 Å². The molecule has 1 aliphatic heterocycles. The maximum absolute atomic E-state index is 13.5. The van der Waals surface area contributed by atoms with E-state index in [-0.39, 0.29) is 43.7 Å². The Kier molecular flexibility index (Phi) is 7.79. The van der Waals surface area contributed by atoms with Crippen LogP contribution in [-0.2, 0) is 19.8 Å². The van der Waals surface area contributed by atoms with Gasteiger partial charge in [-0.1, -0.05) is 26.0 Å². The smallest absolute Gasteiger partial charge is 0.240 e. The summed E-state index contributed by atoms with van der Waals surface area (Å²) in [6.45, 7) is 6.74. The summed E-state index contributed by atoms with van der Waals surface area (Å²) >= 11 is 0. The number of nitrogens with zero attached hydrogens (tertiary/aromatic N) is 2. The fourth-order valence-electron chi connectivity index (χ4n) is 3.74. The molecule has 2 rings (SSSR count). The van der Waals surface area contributed by atoms with Gasteiger partial charge in [0.25, 0.3) is 0 Å². The van der Waals surface area contributed by atoms with Crippen molar-refractivity contribution in [2.45, 2.75) is 45.4 Å². The second-order valence-corrected chi connectivity index (χ2v) is 7.89. The van der Waals surface area contributed by atoms with Crippen molar-refractivity contribution in [1.82, 2.24) is 9.80 Å². The topological polar surface area (TPSA) is 87.2 Å². The lowest BCUT2D eigenvalue weighted by Gasteiger charge is -2.30. The summed E-state index contributed by atoms with van der Waals surface area (Å²) in [5.74, 6) is 0.183. The van der Waals surface area contributed by atoms with Gasteiger partial charge in [0.1, 0.15) is 5.75 Å². The van der Waals surface area contributed by atoms with Crippen LogP contribution in [0.1, 0.15) is 45.6 Å². The third-order valence-electron chi connectivity index (χ3n) is 5.54. The largest absolute Gasteiger partial charge is 0.497 e. The van der Waals surface area contributed by atoms with Crippen molar-refractivity contribution in [3.8, 4) is 5.75 Å². The lowest BCUT2D eigenvalue weighted by molar-refractivity contribution is -0.142. The zero-order chi connectivity index (χ0) is 21.6. The Bertz CT molecular complexity index is 731. The molecule has 0 unspecified atom stereocenters. The number of hydrogen-bond donors (Lipinski definition) is 1. The summed E-state index contributed by atoms with van der Waals surface area (Å²) in [5.41, 5.74) is -0.586. The van der Waals surface area contributed by atoms with E-state index >= 15 is 0 Å². The second kappa shape index (κ2) is 9.87. The molecule has 7 nitrogen and oxygen atoms in total. The Hall–Kier alpha value is -2.41. The number of likely N-dealkylation sites (tertiary alicyclic amines) is 1. The van der Waals surface area contributed by atoms with E-state index in [1.165, 1.54) is 9.80 Å². The number of aliphatic hydroxyl groups excluding tert-OH is 1. The predicted octanol–water partition coefficient (Wildman–Crippen LogP) is 1.97. The van der Waals surface area contributed by atoms with Gasteiger partial charge in [-0.05, 0) is 37.0 Å². The molecule has 1 saturated heterocycles. The third-order valence-corrected chi connectivity index (χ3v) is 5.54. The van der Waals surface area contributed by atoms with Crippen LogP contribution in [-0.4, -0.2) is 66.0 Å². The Morgan fingerprint density at radius 3 is 2.45 bits per heavy atom. The van der Waals surface area contributed by atoms with Crippen LogP contribution in [0, 0.1) is 5.92 Å². The van der Waals surface area contributed by atoms with E-state index in [2.05, 4.69) is 0 Å². The van der Waals surface area contributed by atoms with Crippen molar-refractivity contribution >= 4 is 17.7 Å². The Labute approximate surface area is 172 Å². The van der Waals surface area contributed by atoms with Crippen LogP contribution in [0.4, 0.5) is 0 Å². The number of benzene rings is 1. The monoisotopic (exact) mass is 404 g/mol. The maximum Gasteiger partial charge on any atom is 0.240 e. The van der Waals surface area contributed by atoms with E-state index in [1.54, 1.807) is 31.4 Å². The number of carbonyl (C=O) groups is 3. The van der Waals surface area contributed by atoms with E-state index in [9.17, 15) is 19.5 Å². The first kappa shape index (κ1) is 22.9. The summed E-state index contributed by atoms with van der Waals surface area (Å²) in [4.78, 5) is 42.0. The summed E-state index contributed by atoms with van der Waals surface area (Å²) < 4.78 is 5.20. The molecule has 1 N–H and O–H groups in total. The van der Waals surface area contributed by atoms with E-state index in [4.69, 9.17) is 4.74 Å². The lowest BCUT2D eigenvalue weighted by atomic mass is 9.75. The molecule has 7 heteroatoms. The van der Waals surface area contributed by atoms with Gasteiger partial charge in [0.05, 0.1) is 19.1 Å². The third kappa shape index (κ3) is 4.96. The minimum atomic E-state index is -1.22. The first-order valence-electron chi connectivity index (χ1n) is 10.2. The first-order valence-corrected chi connectivity index (χ1v) is 10.2. The number of imide groups is 1. The molecule has 1 heterocycles. The number of likely N-dealkylation sites (N-methyl/N-ethyl adjacent to an activating group) is 1. The molecule has 1 aromatic carbocycles. The number of hydrogen-bond acceptors (Lipinski definition) is 5. The summed E-state index contributed by atoms with van der Waals surface area (Å²) in [6.07, 6.45) is 0.588. The van der Waals surface area contributed by atoms with Crippen molar-refractivity contribution in [2.75, 3.05) is 33.4 Å². The van der Waals surface area contributed by atoms with Crippen LogP contribution in [0.25, 0.3) is 0 Å². The quantitative estimate of drug-likeness (QED) is 0.603. The Morgan fingerprint density at radius 2 is 1.93 bits per heavy atom. The molecular formula is C22H32N2O5. The molecule has 1 aromatic rings. The van der Waals surface area contributed by atoms with E-state index in [0.29, 0.717) is 30.3 Å². The molecule has 0 aromatic heterocycles. The standard InChI is InChI=1S/C22H32N2O5/c1-5-23(12-13-25)19(26)14-22(17-6-8-18(29-4)9-7-17)15-20(27)24(21(22)28)11-10-16(2)3/h6-9,16,25H,5,10-15H2,1-4H3/t22-/m1/s1. The van der Waals surface area contributed by atoms with Gasteiger partial charge in [0, 0.05) is 32.5 Å². The van der Waals surface area contributed by atoms with Crippen molar-refractivity contribution in [3.63, 3.8) is 0 Å². The van der Waals surface area contributed by atoms with Crippen molar-refractivity contribution in [3.05, 3.63) is 29.8 Å². The van der Waals surface area contributed by atoms with Crippen LogP contribution in [0.15, 0.2) is 24.3 Å². The fraction of sp³-hybridized carbons (Fsp3) is 0.591. The molecule has 160 valence electrons. The van der Waals surface area contributed by atoms with Crippen molar-refractivity contribution in [2.24, 2.45) is 5.92 Å². The molecule has 0 saturated carbocycles. The number of carbonyl (C=O) groups excluding carboxylic acids is 3. The summed E-state index contributed by atoms with van der Waals surface area (Å²) in [6, 6.07) is 6.99. The number of methoxy groups -OCH3 is 1. The average molecular weight is 405 g/mol. The first-order chi connectivity index (χ1) is 13.8. The zero-order valence-corrected chi connectivity index (χ0v) is 17.8.